The fourth-order valence-electron chi connectivity index (χ4n) is 2.79. The van der Waals surface area contributed by atoms with Crippen molar-refractivity contribution >= 4 is 12.1 Å². The molecule has 23 heavy (non-hydrogen) atoms. The number of nitrogens with zero attached hydrogens (tertiary/aromatic N) is 2. The van der Waals surface area contributed by atoms with Gasteiger partial charge in [0.1, 0.15) is 5.60 Å². The number of carboxylic acid groups (broad SMARTS) is 1. The molecule has 6 heteroatoms. The number of rotatable bonds is 3. The number of amides is 1. The molecule has 0 radical (unpaired) electrons. The molecule has 1 aliphatic rings. The molecule has 0 spiro atoms. The Kier molecular flexibility index (Phi) is 4.63. The van der Waals surface area contributed by atoms with Gasteiger partial charge >= 0.3 is 12.1 Å². The molecule has 2 heterocycles. The van der Waals surface area contributed by atoms with Crippen LogP contribution in [0.4, 0.5) is 4.79 Å². The topological polar surface area (TPSA) is 79.7 Å². The third kappa shape index (κ3) is 4.21. The monoisotopic (exact) mass is 320 g/mol. The molecule has 1 N–H and O–H groups in total. The zero-order valence-electron chi connectivity index (χ0n) is 14.1. The molecule has 6 nitrogen and oxygen atoms in total. The van der Waals surface area contributed by atoms with E-state index in [9.17, 15) is 14.7 Å². The highest BCUT2D eigenvalue weighted by atomic mass is 16.6. The first-order chi connectivity index (χ1) is 10.6. The summed E-state index contributed by atoms with van der Waals surface area (Å²) >= 11 is 0. The maximum absolute atomic E-state index is 12.2. The average molecular weight is 320 g/mol. The van der Waals surface area contributed by atoms with Gasteiger partial charge in [0, 0.05) is 30.9 Å². The summed E-state index contributed by atoms with van der Waals surface area (Å²) in [5, 5.41) is 9.72. The quantitative estimate of drug-likeness (QED) is 0.926. The van der Waals surface area contributed by atoms with Crippen molar-refractivity contribution in [2.45, 2.75) is 46.1 Å². The van der Waals surface area contributed by atoms with Crippen LogP contribution in [-0.4, -0.2) is 45.7 Å². The fourth-order valence-corrected chi connectivity index (χ4v) is 2.79. The summed E-state index contributed by atoms with van der Waals surface area (Å²) in [4.78, 5) is 29.9. The number of pyridine rings is 1. The summed E-state index contributed by atoms with van der Waals surface area (Å²) in [5.41, 5.74) is -0.00933. The molecule has 0 aliphatic carbocycles. The van der Waals surface area contributed by atoms with Crippen LogP contribution in [0.25, 0.3) is 0 Å². The van der Waals surface area contributed by atoms with Crippen molar-refractivity contribution in [3.63, 3.8) is 0 Å². The molecule has 1 atom stereocenters. The Morgan fingerprint density at radius 1 is 1.39 bits per heavy atom. The number of carbonyl (C=O) groups is 2. The standard InChI is InChI=1S/C17H24N2O4/c1-12-6-5-7-13(18-12)10-17(14(20)21)8-9-19(11-17)15(22)23-16(2,3)4/h5-7H,8-11H2,1-4H3,(H,20,21). The van der Waals surface area contributed by atoms with E-state index >= 15 is 0 Å². The van der Waals surface area contributed by atoms with Gasteiger partial charge in [0.2, 0.25) is 0 Å². The number of carbonyl (C=O) groups excluding carboxylic acids is 1. The predicted octanol–water partition coefficient (Wildman–Crippen LogP) is 2.64. The lowest BCUT2D eigenvalue weighted by molar-refractivity contribution is -0.148. The molecule has 0 saturated carbocycles. The lowest BCUT2D eigenvalue weighted by atomic mass is 9.82. The smallest absolute Gasteiger partial charge is 0.410 e. The van der Waals surface area contributed by atoms with E-state index in [4.69, 9.17) is 4.74 Å². The molecule has 0 aromatic carbocycles. The Balaban J connectivity index is 2.14. The highest BCUT2D eigenvalue weighted by molar-refractivity contribution is 5.78. The fraction of sp³-hybridized carbons (Fsp3) is 0.588. The number of carboxylic acids is 1. The van der Waals surface area contributed by atoms with Gasteiger partial charge in [-0.05, 0) is 46.2 Å². The summed E-state index contributed by atoms with van der Waals surface area (Å²) < 4.78 is 5.34. The minimum atomic E-state index is -1.00. The highest BCUT2D eigenvalue weighted by Gasteiger charge is 2.47. The zero-order chi connectivity index (χ0) is 17.3. The van der Waals surface area contributed by atoms with Crippen LogP contribution in [0, 0.1) is 12.3 Å². The Morgan fingerprint density at radius 3 is 2.65 bits per heavy atom. The Bertz CT molecular complexity index is 609. The second kappa shape index (κ2) is 6.18. The zero-order valence-corrected chi connectivity index (χ0v) is 14.1. The van der Waals surface area contributed by atoms with Crippen LogP contribution in [0.1, 0.15) is 38.6 Å². The first-order valence-electron chi connectivity index (χ1n) is 7.75. The van der Waals surface area contributed by atoms with Crippen LogP contribution in [0.3, 0.4) is 0 Å². The summed E-state index contributed by atoms with van der Waals surface area (Å²) in [7, 11) is 0. The van der Waals surface area contributed by atoms with E-state index in [1.165, 1.54) is 4.90 Å². The van der Waals surface area contributed by atoms with Crippen molar-refractivity contribution in [2.24, 2.45) is 5.41 Å². The van der Waals surface area contributed by atoms with Crippen molar-refractivity contribution in [1.82, 2.24) is 9.88 Å². The summed E-state index contributed by atoms with van der Waals surface area (Å²) in [6.45, 7) is 7.78. The van der Waals surface area contributed by atoms with Gasteiger partial charge in [0.05, 0.1) is 5.41 Å². The van der Waals surface area contributed by atoms with Gasteiger partial charge in [-0.1, -0.05) is 6.07 Å². The van der Waals surface area contributed by atoms with Gasteiger partial charge in [-0.2, -0.15) is 0 Å². The summed E-state index contributed by atoms with van der Waals surface area (Å²) in [6.07, 6.45) is 0.248. The van der Waals surface area contributed by atoms with Gasteiger partial charge < -0.3 is 14.7 Å². The van der Waals surface area contributed by atoms with E-state index in [1.807, 2.05) is 25.1 Å². The molecule has 1 aromatic rings. The van der Waals surface area contributed by atoms with Gasteiger partial charge in [-0.3, -0.25) is 9.78 Å². The number of aromatic nitrogens is 1. The van der Waals surface area contributed by atoms with Crippen molar-refractivity contribution in [3.8, 4) is 0 Å². The molecule has 0 bridgehead atoms. The first-order valence-corrected chi connectivity index (χ1v) is 7.75. The number of aliphatic carboxylic acids is 1. The minimum absolute atomic E-state index is 0.146. The maximum Gasteiger partial charge on any atom is 0.410 e. The Labute approximate surface area is 136 Å². The first kappa shape index (κ1) is 17.2. The van der Waals surface area contributed by atoms with E-state index in [-0.39, 0.29) is 6.54 Å². The van der Waals surface area contributed by atoms with Crippen LogP contribution < -0.4 is 0 Å². The second-order valence-electron chi connectivity index (χ2n) is 7.18. The summed E-state index contributed by atoms with van der Waals surface area (Å²) in [6, 6.07) is 5.57. The SMILES string of the molecule is Cc1cccc(CC2(C(=O)O)CCN(C(=O)OC(C)(C)C)C2)n1. The number of ether oxygens (including phenoxy) is 1. The number of hydrogen-bond donors (Lipinski definition) is 1. The van der Waals surface area contributed by atoms with E-state index in [0.29, 0.717) is 19.4 Å². The molecule has 1 aliphatic heterocycles. The molecule has 1 amide bonds. The highest BCUT2D eigenvalue weighted by Crippen LogP contribution is 2.35. The summed E-state index contributed by atoms with van der Waals surface area (Å²) in [5.74, 6) is -0.896. The third-order valence-corrected chi connectivity index (χ3v) is 3.92. The van der Waals surface area contributed by atoms with Crippen LogP contribution in [-0.2, 0) is 16.0 Å². The van der Waals surface area contributed by atoms with Crippen molar-refractivity contribution in [2.75, 3.05) is 13.1 Å². The average Bonchev–Trinajstić information content (AvgIpc) is 2.82. The molecule has 1 unspecified atom stereocenters. The maximum atomic E-state index is 12.2. The minimum Gasteiger partial charge on any atom is -0.481 e. The van der Waals surface area contributed by atoms with E-state index in [2.05, 4.69) is 4.98 Å². The van der Waals surface area contributed by atoms with Crippen LogP contribution in [0.5, 0.6) is 0 Å². The number of hydrogen-bond acceptors (Lipinski definition) is 4. The number of likely N-dealkylation sites (tertiary alicyclic amines) is 1. The Hall–Kier alpha value is -2.11. The van der Waals surface area contributed by atoms with Crippen molar-refractivity contribution in [1.29, 1.82) is 0 Å². The number of aryl methyl sites for hydroxylation is 1. The molecule has 126 valence electrons. The van der Waals surface area contributed by atoms with Gasteiger partial charge in [0.15, 0.2) is 0 Å². The molecule has 1 fully saturated rings. The van der Waals surface area contributed by atoms with Crippen molar-refractivity contribution in [3.05, 3.63) is 29.6 Å². The van der Waals surface area contributed by atoms with Crippen LogP contribution in [0.15, 0.2) is 18.2 Å². The molecule has 1 saturated heterocycles. The van der Waals surface area contributed by atoms with Crippen molar-refractivity contribution < 1.29 is 19.4 Å². The normalized spacial score (nSPS) is 21.3. The second-order valence-corrected chi connectivity index (χ2v) is 7.18. The molecule has 2 rings (SSSR count). The van der Waals surface area contributed by atoms with Crippen LogP contribution in [0.2, 0.25) is 0 Å². The largest absolute Gasteiger partial charge is 0.481 e. The van der Waals surface area contributed by atoms with Gasteiger partial charge in [0.25, 0.3) is 0 Å². The molecular weight excluding hydrogens is 296 g/mol. The molecular formula is C17H24N2O4. The Morgan fingerprint density at radius 2 is 2.09 bits per heavy atom. The van der Waals surface area contributed by atoms with Crippen LogP contribution >= 0.6 is 0 Å². The van der Waals surface area contributed by atoms with E-state index in [0.717, 1.165) is 11.4 Å². The lowest BCUT2D eigenvalue weighted by Crippen LogP contribution is -2.40. The third-order valence-electron chi connectivity index (χ3n) is 3.92. The van der Waals surface area contributed by atoms with Gasteiger partial charge in [-0.25, -0.2) is 4.79 Å². The predicted molar refractivity (Wildman–Crippen MR) is 85.2 cm³/mol. The van der Waals surface area contributed by atoms with E-state index < -0.39 is 23.1 Å². The molecule has 1 aromatic heterocycles. The van der Waals surface area contributed by atoms with E-state index in [1.54, 1.807) is 20.8 Å². The lowest BCUT2D eigenvalue weighted by Gasteiger charge is -2.27. The van der Waals surface area contributed by atoms with Gasteiger partial charge in [-0.15, -0.1) is 0 Å².